The number of rotatable bonds is 8. The van der Waals surface area contributed by atoms with E-state index >= 15 is 0 Å². The lowest BCUT2D eigenvalue weighted by atomic mass is 10.1. The van der Waals surface area contributed by atoms with Gasteiger partial charge in [0.2, 0.25) is 0 Å². The number of methoxy groups -OCH3 is 1. The van der Waals surface area contributed by atoms with Crippen LogP contribution in [0, 0.1) is 0 Å². The molecule has 96 valence electrons. The maximum Gasteiger partial charge on any atom is 0.0785 e. The zero-order chi connectivity index (χ0) is 12.5. The molecule has 0 aromatic heterocycles. The molecule has 0 bridgehead atoms. The Labute approximate surface area is 104 Å². The maximum atomic E-state index is 9.48. The van der Waals surface area contributed by atoms with Gasteiger partial charge in [-0.1, -0.05) is 31.2 Å². The highest BCUT2D eigenvalue weighted by Crippen LogP contribution is 2.08. The van der Waals surface area contributed by atoms with Crippen molar-refractivity contribution in [1.82, 2.24) is 5.32 Å². The van der Waals surface area contributed by atoms with E-state index in [1.165, 1.54) is 11.1 Å². The van der Waals surface area contributed by atoms with E-state index in [0.29, 0.717) is 6.61 Å². The minimum atomic E-state index is -0.367. The summed E-state index contributed by atoms with van der Waals surface area (Å²) in [6.07, 6.45) is 1.42. The van der Waals surface area contributed by atoms with Gasteiger partial charge in [-0.25, -0.2) is 0 Å². The number of aliphatic hydroxyl groups is 1. The van der Waals surface area contributed by atoms with Crippen LogP contribution in [0.4, 0.5) is 0 Å². The van der Waals surface area contributed by atoms with E-state index in [4.69, 9.17) is 4.74 Å². The molecular weight excluding hydrogens is 214 g/mol. The summed E-state index contributed by atoms with van der Waals surface area (Å²) in [5.41, 5.74) is 2.73. The molecule has 17 heavy (non-hydrogen) atoms. The lowest BCUT2D eigenvalue weighted by molar-refractivity contribution is 0.0594. The Morgan fingerprint density at radius 2 is 2.00 bits per heavy atom. The number of ether oxygens (including phenoxy) is 1. The zero-order valence-corrected chi connectivity index (χ0v) is 10.8. The summed E-state index contributed by atoms with van der Waals surface area (Å²) < 4.78 is 4.88. The molecule has 0 fully saturated rings. The summed E-state index contributed by atoms with van der Waals surface area (Å²) >= 11 is 0. The molecule has 0 radical (unpaired) electrons. The van der Waals surface area contributed by atoms with Gasteiger partial charge < -0.3 is 15.2 Å². The van der Waals surface area contributed by atoms with Gasteiger partial charge in [-0.05, 0) is 30.5 Å². The van der Waals surface area contributed by atoms with E-state index in [2.05, 4.69) is 36.5 Å². The molecule has 1 rings (SSSR count). The average Bonchev–Trinajstić information content (AvgIpc) is 2.35. The van der Waals surface area contributed by atoms with Crippen LogP contribution in [0.1, 0.15) is 24.5 Å². The monoisotopic (exact) mass is 237 g/mol. The SMILES string of the molecule is CCc1ccccc1CNCCC(O)COC. The second kappa shape index (κ2) is 8.23. The number of hydrogen-bond donors (Lipinski definition) is 2. The minimum Gasteiger partial charge on any atom is -0.391 e. The summed E-state index contributed by atoms with van der Waals surface area (Å²) in [6, 6.07) is 8.45. The van der Waals surface area contributed by atoms with Crippen molar-refractivity contribution < 1.29 is 9.84 Å². The molecule has 2 N–H and O–H groups in total. The van der Waals surface area contributed by atoms with Crippen LogP contribution >= 0.6 is 0 Å². The van der Waals surface area contributed by atoms with E-state index in [-0.39, 0.29) is 6.10 Å². The van der Waals surface area contributed by atoms with E-state index in [0.717, 1.165) is 25.9 Å². The number of nitrogens with one attached hydrogen (secondary N) is 1. The number of aliphatic hydroxyl groups excluding tert-OH is 1. The summed E-state index contributed by atoms with van der Waals surface area (Å²) in [5.74, 6) is 0. The molecule has 1 aromatic rings. The van der Waals surface area contributed by atoms with Crippen LogP contribution in [0.25, 0.3) is 0 Å². The van der Waals surface area contributed by atoms with Crippen LogP contribution in [-0.4, -0.2) is 31.5 Å². The van der Waals surface area contributed by atoms with Crippen LogP contribution in [0.5, 0.6) is 0 Å². The van der Waals surface area contributed by atoms with Gasteiger partial charge in [-0.2, -0.15) is 0 Å². The van der Waals surface area contributed by atoms with Gasteiger partial charge in [0, 0.05) is 13.7 Å². The Morgan fingerprint density at radius 1 is 1.29 bits per heavy atom. The highest BCUT2D eigenvalue weighted by atomic mass is 16.5. The second-order valence-electron chi connectivity index (χ2n) is 4.20. The first-order valence-electron chi connectivity index (χ1n) is 6.22. The lowest BCUT2D eigenvalue weighted by Gasteiger charge is -2.11. The molecule has 1 aromatic carbocycles. The van der Waals surface area contributed by atoms with E-state index in [1.807, 2.05) is 0 Å². The first kappa shape index (κ1) is 14.2. The second-order valence-corrected chi connectivity index (χ2v) is 4.20. The molecule has 0 heterocycles. The predicted octanol–water partition coefficient (Wildman–Crippen LogP) is 1.74. The molecule has 1 atom stereocenters. The summed E-state index contributed by atoms with van der Waals surface area (Å²) in [5, 5.41) is 12.8. The van der Waals surface area contributed by atoms with Crippen molar-refractivity contribution in [3.63, 3.8) is 0 Å². The average molecular weight is 237 g/mol. The number of benzene rings is 1. The first-order valence-corrected chi connectivity index (χ1v) is 6.22. The van der Waals surface area contributed by atoms with Crippen molar-refractivity contribution in [2.45, 2.75) is 32.4 Å². The molecule has 0 saturated carbocycles. The molecule has 3 nitrogen and oxygen atoms in total. The summed E-state index contributed by atoms with van der Waals surface area (Å²) in [4.78, 5) is 0. The third-order valence-corrected chi connectivity index (χ3v) is 2.83. The fourth-order valence-corrected chi connectivity index (χ4v) is 1.84. The Kier molecular flexibility index (Phi) is 6.86. The van der Waals surface area contributed by atoms with Gasteiger partial charge in [0.15, 0.2) is 0 Å². The van der Waals surface area contributed by atoms with Crippen LogP contribution in [-0.2, 0) is 17.7 Å². The maximum absolute atomic E-state index is 9.48. The van der Waals surface area contributed by atoms with Gasteiger partial charge in [0.25, 0.3) is 0 Å². The normalized spacial score (nSPS) is 12.6. The van der Waals surface area contributed by atoms with E-state index < -0.39 is 0 Å². The van der Waals surface area contributed by atoms with Crippen molar-refractivity contribution in [1.29, 1.82) is 0 Å². The molecule has 1 unspecified atom stereocenters. The third kappa shape index (κ3) is 5.31. The number of hydrogen-bond acceptors (Lipinski definition) is 3. The minimum absolute atomic E-state index is 0.367. The van der Waals surface area contributed by atoms with Crippen molar-refractivity contribution in [3.05, 3.63) is 35.4 Å². The van der Waals surface area contributed by atoms with Crippen molar-refractivity contribution in [3.8, 4) is 0 Å². The molecule has 0 aliphatic carbocycles. The number of aryl methyl sites for hydroxylation is 1. The Morgan fingerprint density at radius 3 is 2.65 bits per heavy atom. The molecule has 0 saturated heterocycles. The Balaban J connectivity index is 2.26. The van der Waals surface area contributed by atoms with Crippen LogP contribution in [0.3, 0.4) is 0 Å². The molecule has 3 heteroatoms. The standard InChI is InChI=1S/C14H23NO2/c1-3-12-6-4-5-7-13(12)10-15-9-8-14(16)11-17-2/h4-7,14-16H,3,8-11H2,1-2H3. The van der Waals surface area contributed by atoms with Crippen molar-refractivity contribution >= 4 is 0 Å². The van der Waals surface area contributed by atoms with Gasteiger partial charge >= 0.3 is 0 Å². The fraction of sp³-hybridized carbons (Fsp3) is 0.571. The molecule has 0 spiro atoms. The Bertz CT molecular complexity index is 315. The summed E-state index contributed by atoms with van der Waals surface area (Å²) in [6.45, 7) is 4.25. The topological polar surface area (TPSA) is 41.5 Å². The summed E-state index contributed by atoms with van der Waals surface area (Å²) in [7, 11) is 1.61. The van der Waals surface area contributed by atoms with Crippen molar-refractivity contribution in [2.75, 3.05) is 20.3 Å². The van der Waals surface area contributed by atoms with E-state index in [1.54, 1.807) is 7.11 Å². The zero-order valence-electron chi connectivity index (χ0n) is 10.8. The van der Waals surface area contributed by atoms with Crippen molar-refractivity contribution in [2.24, 2.45) is 0 Å². The fourth-order valence-electron chi connectivity index (χ4n) is 1.84. The lowest BCUT2D eigenvalue weighted by Crippen LogP contribution is -2.23. The molecule has 0 amide bonds. The molecular formula is C14H23NO2. The molecule has 0 aliphatic rings. The predicted molar refractivity (Wildman–Crippen MR) is 70.0 cm³/mol. The Hall–Kier alpha value is -0.900. The quantitative estimate of drug-likeness (QED) is 0.677. The van der Waals surface area contributed by atoms with Crippen LogP contribution in [0.2, 0.25) is 0 Å². The van der Waals surface area contributed by atoms with Gasteiger partial charge in [0.05, 0.1) is 12.7 Å². The van der Waals surface area contributed by atoms with Crippen LogP contribution in [0.15, 0.2) is 24.3 Å². The van der Waals surface area contributed by atoms with Gasteiger partial charge in [0.1, 0.15) is 0 Å². The van der Waals surface area contributed by atoms with Gasteiger partial charge in [-0.15, -0.1) is 0 Å². The van der Waals surface area contributed by atoms with Crippen LogP contribution < -0.4 is 5.32 Å². The van der Waals surface area contributed by atoms with E-state index in [9.17, 15) is 5.11 Å². The largest absolute Gasteiger partial charge is 0.391 e. The molecule has 0 aliphatic heterocycles. The first-order chi connectivity index (χ1) is 8.27. The highest BCUT2D eigenvalue weighted by molar-refractivity contribution is 5.26. The smallest absolute Gasteiger partial charge is 0.0785 e. The van der Waals surface area contributed by atoms with Gasteiger partial charge in [-0.3, -0.25) is 0 Å². The highest BCUT2D eigenvalue weighted by Gasteiger charge is 2.03. The third-order valence-electron chi connectivity index (χ3n) is 2.83.